The number of aliphatic hydroxyl groups is 1. The molecule has 3 saturated heterocycles. The molecule has 6 heterocycles. The van der Waals surface area contributed by atoms with Crippen molar-refractivity contribution in [3.05, 3.63) is 179 Å². The van der Waals surface area contributed by atoms with Crippen molar-refractivity contribution in [2.75, 3.05) is 51.5 Å². The number of piperazine rings is 1. The van der Waals surface area contributed by atoms with E-state index in [1.54, 1.807) is 16.8 Å². The van der Waals surface area contributed by atoms with Gasteiger partial charge in [-0.2, -0.15) is 0 Å². The molecule has 0 bridgehead atoms. The molecular weight excluding hydrogens is 899 g/mol. The van der Waals surface area contributed by atoms with Gasteiger partial charge in [0.2, 0.25) is 18.6 Å². The molecule has 5 aliphatic heterocycles. The molecular formula is C56H49N7O8. The van der Waals surface area contributed by atoms with Gasteiger partial charge >= 0.3 is 5.97 Å². The van der Waals surface area contributed by atoms with Crippen molar-refractivity contribution in [2.24, 2.45) is 5.92 Å². The van der Waals surface area contributed by atoms with E-state index in [0.717, 1.165) is 33.5 Å². The molecule has 0 saturated carbocycles. The summed E-state index contributed by atoms with van der Waals surface area (Å²) in [6, 6.07) is 43.4. The Morgan fingerprint density at radius 1 is 0.789 bits per heavy atom. The van der Waals surface area contributed by atoms with Crippen LogP contribution in [0.25, 0.3) is 11.0 Å². The predicted molar refractivity (Wildman–Crippen MR) is 261 cm³/mol. The summed E-state index contributed by atoms with van der Waals surface area (Å²) in [5.74, 6) is 5.99. The predicted octanol–water partition coefficient (Wildman–Crippen LogP) is 6.20. The minimum atomic E-state index is -1.69. The van der Waals surface area contributed by atoms with Gasteiger partial charge < -0.3 is 34.3 Å². The molecule has 5 aliphatic rings. The van der Waals surface area contributed by atoms with Crippen LogP contribution in [0.2, 0.25) is 0 Å². The van der Waals surface area contributed by atoms with Gasteiger partial charge in [0, 0.05) is 44.0 Å². The number of nitrogens with one attached hydrogen (secondary N) is 1. The van der Waals surface area contributed by atoms with E-state index in [-0.39, 0.29) is 32.5 Å². The van der Waals surface area contributed by atoms with Crippen molar-refractivity contribution in [3.8, 4) is 29.1 Å². The summed E-state index contributed by atoms with van der Waals surface area (Å²) >= 11 is 0. The molecule has 0 radical (unpaired) electrons. The SMILES string of the molecule is O=C1OC(c2ccccc2)C(c2ccccc2)N2C1C(C(=O)N1CCN(Cc3ccc4c(c3)OCO4)CC1)C1(C(=O)Nc3ccc(C#CCn4nnc5ccccc54)cc31)C2c1ccc(OCCO)cc1. The van der Waals surface area contributed by atoms with E-state index in [9.17, 15) is 5.11 Å². The lowest BCUT2D eigenvalue weighted by Gasteiger charge is -2.46. The van der Waals surface area contributed by atoms with E-state index in [1.807, 2.05) is 138 Å². The van der Waals surface area contributed by atoms with Gasteiger partial charge in [-0.25, -0.2) is 4.68 Å². The van der Waals surface area contributed by atoms with Crippen molar-refractivity contribution in [2.45, 2.75) is 42.7 Å². The van der Waals surface area contributed by atoms with Crippen molar-refractivity contribution < 1.29 is 38.4 Å². The molecule has 6 aromatic carbocycles. The summed E-state index contributed by atoms with van der Waals surface area (Å²) in [5, 5.41) is 21.4. The number of hydrogen-bond acceptors (Lipinski definition) is 12. The quantitative estimate of drug-likeness (QED) is 0.118. The Labute approximate surface area is 409 Å². The third-order valence-electron chi connectivity index (χ3n) is 14.5. The van der Waals surface area contributed by atoms with E-state index >= 15 is 14.4 Å². The molecule has 15 heteroatoms. The number of cyclic esters (lactones) is 1. The molecule has 1 spiro atoms. The highest BCUT2D eigenvalue weighted by Crippen LogP contribution is 2.65. The van der Waals surface area contributed by atoms with Gasteiger partial charge in [0.05, 0.1) is 30.1 Å². The van der Waals surface area contributed by atoms with Crippen LogP contribution in [0.3, 0.4) is 0 Å². The fourth-order valence-electron chi connectivity index (χ4n) is 11.4. The number of hydrogen-bond donors (Lipinski definition) is 2. The summed E-state index contributed by atoms with van der Waals surface area (Å²) in [5.41, 5.74) is 5.02. The Kier molecular flexibility index (Phi) is 11.4. The van der Waals surface area contributed by atoms with Gasteiger partial charge in [-0.05, 0) is 82.4 Å². The van der Waals surface area contributed by atoms with Crippen LogP contribution >= 0.6 is 0 Å². The van der Waals surface area contributed by atoms with Gasteiger partial charge in [-0.15, -0.1) is 5.10 Å². The minimum Gasteiger partial charge on any atom is -0.491 e. The third kappa shape index (κ3) is 7.71. The van der Waals surface area contributed by atoms with Crippen LogP contribution in [0.5, 0.6) is 17.2 Å². The Morgan fingerprint density at radius 2 is 1.54 bits per heavy atom. The summed E-state index contributed by atoms with van der Waals surface area (Å²) in [4.78, 5) is 53.6. The lowest BCUT2D eigenvalue weighted by atomic mass is 9.65. The smallest absolute Gasteiger partial charge is 0.324 e. The number of para-hydroxylation sites is 1. The van der Waals surface area contributed by atoms with E-state index in [4.69, 9.17) is 18.9 Å². The fraction of sp³-hybridized carbons (Fsp3) is 0.268. The standard InChI is InChI=1S/C56H49N7O8/c64-30-31-68-41-21-19-40(20-22-41)52-56(42-32-36(17-23-43(42)57-55(56)67)10-9-25-62-45-16-8-7-15-44(45)58-59-62)48(53(65)61-28-26-60(27-29-61)34-37-18-24-46-47(33-37)70-35-69-46)50-54(66)71-51(39-13-5-2-6-14-39)49(63(50)52)38-11-3-1-4-12-38/h1-8,11-24,32-33,48-52,64H,25-31,34-35H2,(H,57,67). The Bertz CT molecular complexity index is 3220. The molecule has 356 valence electrons. The number of morpholine rings is 1. The van der Waals surface area contributed by atoms with Crippen molar-refractivity contribution in [3.63, 3.8) is 0 Å². The summed E-state index contributed by atoms with van der Waals surface area (Å²) in [6.07, 6.45) is -0.809. The molecule has 3 fully saturated rings. The van der Waals surface area contributed by atoms with Crippen LogP contribution in [-0.4, -0.2) is 105 Å². The zero-order valence-corrected chi connectivity index (χ0v) is 38.6. The molecule has 0 aliphatic carbocycles. The van der Waals surface area contributed by atoms with Crippen molar-refractivity contribution in [1.29, 1.82) is 0 Å². The molecule has 2 amide bonds. The first-order valence-corrected chi connectivity index (χ1v) is 23.9. The Hall–Kier alpha value is -8.03. The first-order chi connectivity index (χ1) is 34.9. The monoisotopic (exact) mass is 947 g/mol. The second-order valence-corrected chi connectivity index (χ2v) is 18.4. The van der Waals surface area contributed by atoms with Crippen LogP contribution in [0, 0.1) is 17.8 Å². The lowest BCUT2D eigenvalue weighted by Crippen LogP contribution is -2.58. The third-order valence-corrected chi connectivity index (χ3v) is 14.5. The zero-order valence-electron chi connectivity index (χ0n) is 38.6. The van der Waals surface area contributed by atoms with E-state index in [2.05, 4.69) is 37.3 Å². The maximum atomic E-state index is 16.1. The highest BCUT2D eigenvalue weighted by atomic mass is 16.7. The van der Waals surface area contributed by atoms with E-state index < -0.39 is 47.4 Å². The number of aromatic nitrogens is 3. The van der Waals surface area contributed by atoms with Crippen LogP contribution in [0.4, 0.5) is 5.69 Å². The number of fused-ring (bicyclic) bond motifs is 5. The van der Waals surface area contributed by atoms with Gasteiger partial charge in [-0.3, -0.25) is 24.2 Å². The van der Waals surface area contributed by atoms with Gasteiger partial charge in [0.15, 0.2) is 11.5 Å². The largest absolute Gasteiger partial charge is 0.491 e. The number of benzene rings is 6. The lowest BCUT2D eigenvalue weighted by molar-refractivity contribution is -0.179. The summed E-state index contributed by atoms with van der Waals surface area (Å²) < 4.78 is 25.4. The second-order valence-electron chi connectivity index (χ2n) is 18.4. The number of rotatable bonds is 10. The molecule has 1 aromatic heterocycles. The normalized spacial score (nSPS) is 23.5. The number of carbonyl (C=O) groups is 3. The number of amides is 2. The number of ether oxygens (including phenoxy) is 4. The Morgan fingerprint density at radius 3 is 2.32 bits per heavy atom. The van der Waals surface area contributed by atoms with Crippen molar-refractivity contribution in [1.82, 2.24) is 29.7 Å². The van der Waals surface area contributed by atoms with Crippen molar-refractivity contribution >= 4 is 34.5 Å². The van der Waals surface area contributed by atoms with Crippen LogP contribution in [-0.2, 0) is 37.6 Å². The van der Waals surface area contributed by atoms with Crippen LogP contribution in [0.15, 0.2) is 146 Å². The molecule has 7 aromatic rings. The molecule has 2 N–H and O–H groups in total. The fourth-order valence-corrected chi connectivity index (χ4v) is 11.4. The molecule has 12 rings (SSSR count). The maximum absolute atomic E-state index is 16.1. The molecule has 6 unspecified atom stereocenters. The topological polar surface area (TPSA) is 161 Å². The maximum Gasteiger partial charge on any atom is 0.324 e. The molecule has 15 nitrogen and oxygen atoms in total. The number of aliphatic hydroxyl groups excluding tert-OH is 1. The number of esters is 1. The Balaban J connectivity index is 1.00. The number of carbonyl (C=O) groups excluding carboxylic acids is 3. The van der Waals surface area contributed by atoms with Gasteiger partial charge in [0.25, 0.3) is 0 Å². The first kappa shape index (κ1) is 44.2. The number of nitrogens with zero attached hydrogens (tertiary/aromatic N) is 6. The molecule has 6 atom stereocenters. The minimum absolute atomic E-state index is 0.0921. The first-order valence-electron chi connectivity index (χ1n) is 23.9. The second kappa shape index (κ2) is 18.4. The molecule has 71 heavy (non-hydrogen) atoms. The summed E-state index contributed by atoms with van der Waals surface area (Å²) in [7, 11) is 0. The van der Waals surface area contributed by atoms with E-state index in [0.29, 0.717) is 66.6 Å². The highest BCUT2D eigenvalue weighted by Gasteiger charge is 2.74. The highest BCUT2D eigenvalue weighted by molar-refractivity contribution is 6.12. The van der Waals surface area contributed by atoms with Crippen LogP contribution in [0.1, 0.15) is 51.6 Å². The zero-order chi connectivity index (χ0) is 48.1. The van der Waals surface area contributed by atoms with E-state index in [1.165, 1.54) is 0 Å². The number of anilines is 1. The average Bonchev–Trinajstić information content (AvgIpc) is 4.20. The van der Waals surface area contributed by atoms with Crippen LogP contribution < -0.4 is 19.5 Å². The summed E-state index contributed by atoms with van der Waals surface area (Å²) in [6.45, 7) is 2.87. The van der Waals surface area contributed by atoms with Gasteiger partial charge in [0.1, 0.15) is 42.0 Å². The van der Waals surface area contributed by atoms with Gasteiger partial charge in [-0.1, -0.05) is 108 Å². The average molecular weight is 948 g/mol.